The minimum Gasteiger partial charge on any atom is -0.207 e. The van der Waals surface area contributed by atoms with Crippen LogP contribution in [0.25, 0.3) is 0 Å². The van der Waals surface area contributed by atoms with Crippen molar-refractivity contribution in [3.63, 3.8) is 0 Å². The molecule has 5 heteroatoms. The molecule has 0 aliphatic heterocycles. The van der Waals surface area contributed by atoms with Crippen LogP contribution in [-0.4, -0.2) is 19.3 Å². The summed E-state index contributed by atoms with van der Waals surface area (Å²) in [6.07, 6.45) is 1.58. The van der Waals surface area contributed by atoms with Gasteiger partial charge in [-0.15, -0.1) is 6.58 Å². The fourth-order valence-corrected chi connectivity index (χ4v) is 4.19. The number of nitrogens with zero attached hydrogens (tertiary/aromatic N) is 1. The van der Waals surface area contributed by atoms with Gasteiger partial charge in [0.05, 0.1) is 4.90 Å². The van der Waals surface area contributed by atoms with E-state index in [1.54, 1.807) is 42.5 Å². The number of rotatable bonds is 6. The quantitative estimate of drug-likeness (QED) is 0.739. The highest BCUT2D eigenvalue weighted by atomic mass is 35.5. The van der Waals surface area contributed by atoms with E-state index in [2.05, 4.69) is 6.58 Å². The zero-order chi connectivity index (χ0) is 16.2. The first-order chi connectivity index (χ1) is 10.5. The fraction of sp³-hybridized carbons (Fsp3) is 0.176. The smallest absolute Gasteiger partial charge is 0.207 e. The van der Waals surface area contributed by atoms with Crippen LogP contribution in [-0.2, 0) is 10.0 Å². The van der Waals surface area contributed by atoms with Crippen LogP contribution in [0.15, 0.2) is 72.1 Å². The van der Waals surface area contributed by atoms with Crippen LogP contribution in [0, 0.1) is 0 Å². The minimum atomic E-state index is -3.62. The van der Waals surface area contributed by atoms with Crippen LogP contribution < -0.4 is 0 Å². The second kappa shape index (κ2) is 7.09. The Balaban J connectivity index is 2.46. The van der Waals surface area contributed by atoms with E-state index in [1.807, 2.05) is 25.1 Å². The zero-order valence-corrected chi connectivity index (χ0v) is 13.9. The molecule has 0 saturated heterocycles. The topological polar surface area (TPSA) is 37.4 Å². The van der Waals surface area contributed by atoms with Gasteiger partial charge in [0.15, 0.2) is 0 Å². The molecule has 0 N–H and O–H groups in total. The Bertz CT molecular complexity index is 744. The van der Waals surface area contributed by atoms with Crippen LogP contribution >= 0.6 is 11.6 Å². The number of hydrogen-bond donors (Lipinski definition) is 0. The second-order valence-corrected chi connectivity index (χ2v) is 7.17. The van der Waals surface area contributed by atoms with E-state index in [9.17, 15) is 8.42 Å². The molecular formula is C17H18ClNO2S. The fourth-order valence-electron chi connectivity index (χ4n) is 2.29. The lowest BCUT2D eigenvalue weighted by Crippen LogP contribution is -2.34. The average Bonchev–Trinajstić information content (AvgIpc) is 2.53. The Morgan fingerprint density at radius 3 is 2.32 bits per heavy atom. The lowest BCUT2D eigenvalue weighted by atomic mass is 10.1. The lowest BCUT2D eigenvalue weighted by Gasteiger charge is -2.28. The summed E-state index contributed by atoms with van der Waals surface area (Å²) in [5, 5.41) is 0.548. The molecule has 0 aliphatic rings. The molecule has 1 unspecified atom stereocenters. The van der Waals surface area contributed by atoms with Gasteiger partial charge in [0.25, 0.3) is 0 Å². The molecule has 0 bridgehead atoms. The molecule has 2 aromatic carbocycles. The summed E-state index contributed by atoms with van der Waals surface area (Å²) >= 11 is 6.21. The summed E-state index contributed by atoms with van der Waals surface area (Å²) < 4.78 is 27.2. The van der Waals surface area contributed by atoms with Gasteiger partial charge in [-0.3, -0.25) is 0 Å². The Kier molecular flexibility index (Phi) is 5.40. The van der Waals surface area contributed by atoms with Crippen molar-refractivity contribution in [3.8, 4) is 0 Å². The third-order valence-electron chi connectivity index (χ3n) is 3.45. The molecular weight excluding hydrogens is 318 g/mol. The van der Waals surface area contributed by atoms with Gasteiger partial charge in [-0.05, 0) is 30.7 Å². The van der Waals surface area contributed by atoms with Crippen molar-refractivity contribution in [2.45, 2.75) is 17.9 Å². The van der Waals surface area contributed by atoms with Crippen LogP contribution in [0.3, 0.4) is 0 Å². The first kappa shape index (κ1) is 16.7. The predicted octanol–water partition coefficient (Wildman–Crippen LogP) is 4.28. The van der Waals surface area contributed by atoms with E-state index in [-0.39, 0.29) is 11.4 Å². The standard InChI is InChI=1S/C17H18ClNO2S/c1-3-13-19(14(2)16-11-7-8-12-17(16)18)22(20,21)15-9-5-4-6-10-15/h3-12,14H,1,13H2,2H3. The van der Waals surface area contributed by atoms with Crippen molar-refractivity contribution in [2.24, 2.45) is 0 Å². The van der Waals surface area contributed by atoms with Crippen molar-refractivity contribution in [2.75, 3.05) is 6.54 Å². The molecule has 3 nitrogen and oxygen atoms in total. The van der Waals surface area contributed by atoms with Gasteiger partial charge < -0.3 is 0 Å². The Morgan fingerprint density at radius 2 is 1.73 bits per heavy atom. The maximum Gasteiger partial charge on any atom is 0.243 e. The van der Waals surface area contributed by atoms with Crippen LogP contribution in [0.4, 0.5) is 0 Å². The van der Waals surface area contributed by atoms with Gasteiger partial charge in [-0.2, -0.15) is 4.31 Å². The SMILES string of the molecule is C=CCN(C(C)c1ccccc1Cl)S(=O)(=O)c1ccccc1. The van der Waals surface area contributed by atoms with Gasteiger partial charge in [0.1, 0.15) is 0 Å². The molecule has 0 radical (unpaired) electrons. The highest BCUT2D eigenvalue weighted by molar-refractivity contribution is 7.89. The number of benzene rings is 2. The van der Waals surface area contributed by atoms with Crippen molar-refractivity contribution in [1.82, 2.24) is 4.31 Å². The molecule has 0 fully saturated rings. The molecule has 0 aromatic heterocycles. The molecule has 2 aromatic rings. The van der Waals surface area contributed by atoms with Gasteiger partial charge in [0.2, 0.25) is 10.0 Å². The first-order valence-electron chi connectivity index (χ1n) is 6.90. The van der Waals surface area contributed by atoms with Crippen molar-refractivity contribution < 1.29 is 8.42 Å². The van der Waals surface area contributed by atoms with Crippen molar-refractivity contribution in [1.29, 1.82) is 0 Å². The molecule has 0 amide bonds. The van der Waals surface area contributed by atoms with E-state index in [1.165, 1.54) is 4.31 Å². The van der Waals surface area contributed by atoms with Crippen LogP contribution in [0.1, 0.15) is 18.5 Å². The Morgan fingerprint density at radius 1 is 1.14 bits per heavy atom. The third-order valence-corrected chi connectivity index (χ3v) is 5.74. The Labute approximate surface area is 136 Å². The van der Waals surface area contributed by atoms with Crippen LogP contribution in [0.2, 0.25) is 5.02 Å². The molecule has 1 atom stereocenters. The maximum absolute atomic E-state index is 12.9. The molecule has 116 valence electrons. The van der Waals surface area contributed by atoms with Crippen molar-refractivity contribution in [3.05, 3.63) is 77.8 Å². The van der Waals surface area contributed by atoms with Gasteiger partial charge in [0, 0.05) is 17.6 Å². The molecule has 2 rings (SSSR count). The zero-order valence-electron chi connectivity index (χ0n) is 12.3. The average molecular weight is 336 g/mol. The summed E-state index contributed by atoms with van der Waals surface area (Å²) in [4.78, 5) is 0.260. The number of sulfonamides is 1. The number of halogens is 1. The largest absolute Gasteiger partial charge is 0.243 e. The predicted molar refractivity (Wildman–Crippen MR) is 90.4 cm³/mol. The summed E-state index contributed by atoms with van der Waals surface area (Å²) in [6, 6.07) is 15.2. The van der Waals surface area contributed by atoms with E-state index in [4.69, 9.17) is 11.6 Å². The summed E-state index contributed by atoms with van der Waals surface area (Å²) in [5.74, 6) is 0. The highest BCUT2D eigenvalue weighted by Crippen LogP contribution is 2.31. The highest BCUT2D eigenvalue weighted by Gasteiger charge is 2.29. The van der Waals surface area contributed by atoms with E-state index >= 15 is 0 Å². The molecule has 22 heavy (non-hydrogen) atoms. The third kappa shape index (κ3) is 3.40. The monoisotopic (exact) mass is 335 g/mol. The Hall–Kier alpha value is -1.62. The van der Waals surface area contributed by atoms with E-state index in [0.717, 1.165) is 5.56 Å². The van der Waals surface area contributed by atoms with Crippen molar-refractivity contribution >= 4 is 21.6 Å². The normalized spacial score (nSPS) is 13.0. The molecule has 0 saturated carbocycles. The van der Waals surface area contributed by atoms with E-state index in [0.29, 0.717) is 5.02 Å². The summed E-state index contributed by atoms with van der Waals surface area (Å²) in [6.45, 7) is 5.70. The summed E-state index contributed by atoms with van der Waals surface area (Å²) in [5.41, 5.74) is 0.769. The van der Waals surface area contributed by atoms with E-state index < -0.39 is 16.1 Å². The maximum atomic E-state index is 12.9. The molecule has 0 aliphatic carbocycles. The van der Waals surface area contributed by atoms with Gasteiger partial charge in [-0.1, -0.05) is 54.1 Å². The minimum absolute atomic E-state index is 0.212. The molecule has 0 heterocycles. The first-order valence-corrected chi connectivity index (χ1v) is 8.72. The summed E-state index contributed by atoms with van der Waals surface area (Å²) in [7, 11) is -3.62. The van der Waals surface area contributed by atoms with Crippen LogP contribution in [0.5, 0.6) is 0 Å². The second-order valence-electron chi connectivity index (χ2n) is 4.87. The lowest BCUT2D eigenvalue weighted by molar-refractivity contribution is 0.371. The van der Waals surface area contributed by atoms with Gasteiger partial charge >= 0.3 is 0 Å². The number of hydrogen-bond acceptors (Lipinski definition) is 2. The molecule has 0 spiro atoms. The van der Waals surface area contributed by atoms with Gasteiger partial charge in [-0.25, -0.2) is 8.42 Å².